The Kier molecular flexibility index (Phi) is 5.72. The minimum Gasteiger partial charge on any atom is -0.297 e. The third kappa shape index (κ3) is 3.53. The number of likely N-dealkylation sites (tertiary alicyclic amines) is 1. The van der Waals surface area contributed by atoms with Crippen molar-refractivity contribution in [2.75, 3.05) is 18.4 Å². The zero-order valence-electron chi connectivity index (χ0n) is 11.8. The molecule has 1 fully saturated rings. The molecule has 1 saturated heterocycles. The van der Waals surface area contributed by atoms with Gasteiger partial charge in [-0.1, -0.05) is 34.5 Å². The lowest BCUT2D eigenvalue weighted by Crippen LogP contribution is -2.36. The number of hydrogen-bond acceptors (Lipinski definition) is 2. The molecule has 2 heterocycles. The van der Waals surface area contributed by atoms with Crippen molar-refractivity contribution in [2.45, 2.75) is 46.2 Å². The van der Waals surface area contributed by atoms with Crippen LogP contribution < -0.4 is 0 Å². The molecule has 3 nitrogen and oxygen atoms in total. The normalized spacial score (nSPS) is 20.9. The molecule has 0 saturated carbocycles. The van der Waals surface area contributed by atoms with E-state index in [0.29, 0.717) is 0 Å². The van der Waals surface area contributed by atoms with Crippen molar-refractivity contribution in [3.05, 3.63) is 16.4 Å². The van der Waals surface area contributed by atoms with Crippen molar-refractivity contribution in [1.29, 1.82) is 0 Å². The molecule has 1 atom stereocenters. The quantitative estimate of drug-likeness (QED) is 0.756. The number of halogens is 2. The van der Waals surface area contributed by atoms with Gasteiger partial charge in [-0.3, -0.25) is 9.58 Å². The van der Waals surface area contributed by atoms with E-state index in [-0.39, 0.29) is 0 Å². The first kappa shape index (κ1) is 15.3. The maximum absolute atomic E-state index is 6.48. The number of piperidine rings is 1. The second kappa shape index (κ2) is 7.09. The van der Waals surface area contributed by atoms with Gasteiger partial charge < -0.3 is 0 Å². The second-order valence-corrected chi connectivity index (χ2v) is 6.30. The van der Waals surface area contributed by atoms with Gasteiger partial charge in [0.05, 0.1) is 16.4 Å². The minimum atomic E-state index is 0.774. The second-order valence-electron chi connectivity index (χ2n) is 5.27. The summed E-state index contributed by atoms with van der Waals surface area (Å²) in [4.78, 5) is 2.52. The summed E-state index contributed by atoms with van der Waals surface area (Å²) in [5.41, 5.74) is 2.23. The highest BCUT2D eigenvalue weighted by Gasteiger charge is 2.22. The van der Waals surface area contributed by atoms with E-state index in [2.05, 4.69) is 44.5 Å². The fourth-order valence-corrected chi connectivity index (χ4v) is 3.66. The lowest BCUT2D eigenvalue weighted by atomic mass is 10.0. The Morgan fingerprint density at radius 2 is 2.21 bits per heavy atom. The van der Waals surface area contributed by atoms with E-state index in [1.807, 2.05) is 0 Å². The molecule has 0 spiro atoms. The Labute approximate surface area is 129 Å². The smallest absolute Gasteiger partial charge is 0.0863 e. The summed E-state index contributed by atoms with van der Waals surface area (Å²) in [6.45, 7) is 8.41. The van der Waals surface area contributed by atoms with E-state index < -0.39 is 0 Å². The molecule has 1 aliphatic rings. The van der Waals surface area contributed by atoms with Crippen molar-refractivity contribution >= 4 is 27.5 Å². The summed E-state index contributed by atoms with van der Waals surface area (Å²) in [6.07, 6.45) is 3.53. The van der Waals surface area contributed by atoms with Gasteiger partial charge in [-0.05, 0) is 38.6 Å². The molecule has 0 aliphatic carbocycles. The summed E-state index contributed by atoms with van der Waals surface area (Å²) in [5, 5.41) is 6.58. The van der Waals surface area contributed by atoms with Crippen molar-refractivity contribution in [1.82, 2.24) is 14.7 Å². The van der Waals surface area contributed by atoms with E-state index in [0.717, 1.165) is 48.0 Å². The molecule has 0 amide bonds. The minimum absolute atomic E-state index is 0.774. The fraction of sp³-hybridized carbons (Fsp3) is 0.786. The first-order chi connectivity index (χ1) is 9.19. The van der Waals surface area contributed by atoms with Gasteiger partial charge in [0.2, 0.25) is 0 Å². The van der Waals surface area contributed by atoms with Gasteiger partial charge in [-0.25, -0.2) is 0 Å². The number of alkyl halides is 1. The molecule has 0 aromatic carbocycles. The Morgan fingerprint density at radius 3 is 2.84 bits per heavy atom. The van der Waals surface area contributed by atoms with Crippen LogP contribution in [0.25, 0.3) is 0 Å². The first-order valence-corrected chi connectivity index (χ1v) is 8.71. The largest absolute Gasteiger partial charge is 0.297 e. The van der Waals surface area contributed by atoms with Crippen molar-refractivity contribution < 1.29 is 0 Å². The van der Waals surface area contributed by atoms with Crippen LogP contribution >= 0.6 is 27.5 Å². The van der Waals surface area contributed by atoms with Crippen LogP contribution in [0, 0.1) is 5.92 Å². The standard InChI is InChI=1S/C14H23BrClN3/c1-3-12-14(16)13(19(4-2)17-12)10-18-7-5-6-11(8-15)9-18/h11H,3-10H2,1-2H3. The molecule has 0 radical (unpaired) electrons. The number of aryl methyl sites for hydroxylation is 2. The number of rotatable bonds is 5. The van der Waals surface area contributed by atoms with Crippen molar-refractivity contribution in [2.24, 2.45) is 5.92 Å². The molecular formula is C14H23BrClN3. The van der Waals surface area contributed by atoms with E-state index in [4.69, 9.17) is 11.6 Å². The molecule has 2 rings (SSSR count). The maximum atomic E-state index is 6.48. The average molecular weight is 349 g/mol. The highest BCUT2D eigenvalue weighted by molar-refractivity contribution is 9.09. The molecule has 1 unspecified atom stereocenters. The van der Waals surface area contributed by atoms with Crippen LogP contribution in [0.2, 0.25) is 5.02 Å². The Hall–Kier alpha value is -0.0600. The first-order valence-electron chi connectivity index (χ1n) is 7.21. The van der Waals surface area contributed by atoms with E-state index >= 15 is 0 Å². The number of nitrogens with zero attached hydrogens (tertiary/aromatic N) is 3. The van der Waals surface area contributed by atoms with Gasteiger partial charge in [0.25, 0.3) is 0 Å². The van der Waals surface area contributed by atoms with Crippen LogP contribution in [0.5, 0.6) is 0 Å². The van der Waals surface area contributed by atoms with Gasteiger partial charge in [0.15, 0.2) is 0 Å². The molecular weight excluding hydrogens is 326 g/mol. The van der Waals surface area contributed by atoms with Gasteiger partial charge in [-0.2, -0.15) is 5.10 Å². The third-order valence-corrected chi connectivity index (χ3v) is 5.24. The molecule has 1 aromatic rings. The Morgan fingerprint density at radius 1 is 1.42 bits per heavy atom. The summed E-state index contributed by atoms with van der Waals surface area (Å²) in [7, 11) is 0. The molecule has 0 N–H and O–H groups in total. The fourth-order valence-electron chi connectivity index (χ4n) is 2.80. The molecule has 108 valence electrons. The van der Waals surface area contributed by atoms with Crippen LogP contribution in [0.4, 0.5) is 0 Å². The SMILES string of the molecule is CCc1nn(CC)c(CN2CCCC(CBr)C2)c1Cl. The topological polar surface area (TPSA) is 21.1 Å². The van der Waals surface area contributed by atoms with Gasteiger partial charge >= 0.3 is 0 Å². The van der Waals surface area contributed by atoms with E-state index in [1.165, 1.54) is 25.1 Å². The predicted molar refractivity (Wildman–Crippen MR) is 84.1 cm³/mol. The highest BCUT2D eigenvalue weighted by atomic mass is 79.9. The summed E-state index contributed by atoms with van der Waals surface area (Å²) in [6, 6.07) is 0. The van der Waals surface area contributed by atoms with Crippen LogP contribution in [-0.2, 0) is 19.5 Å². The molecule has 1 aromatic heterocycles. The van der Waals surface area contributed by atoms with Gasteiger partial charge in [0, 0.05) is 25.0 Å². The lowest BCUT2D eigenvalue weighted by Gasteiger charge is -2.31. The summed E-state index contributed by atoms with van der Waals surface area (Å²) >= 11 is 10.1. The van der Waals surface area contributed by atoms with Crippen LogP contribution in [0.3, 0.4) is 0 Å². The maximum Gasteiger partial charge on any atom is 0.0863 e. The molecule has 0 bridgehead atoms. The highest BCUT2D eigenvalue weighted by Crippen LogP contribution is 2.26. The third-order valence-electron chi connectivity index (χ3n) is 3.89. The molecule has 5 heteroatoms. The Bertz CT molecular complexity index is 419. The lowest BCUT2D eigenvalue weighted by molar-refractivity contribution is 0.175. The monoisotopic (exact) mass is 347 g/mol. The molecule has 19 heavy (non-hydrogen) atoms. The number of hydrogen-bond donors (Lipinski definition) is 0. The van der Waals surface area contributed by atoms with E-state index in [1.54, 1.807) is 0 Å². The van der Waals surface area contributed by atoms with Crippen molar-refractivity contribution in [3.63, 3.8) is 0 Å². The van der Waals surface area contributed by atoms with Crippen LogP contribution in [-0.4, -0.2) is 33.1 Å². The van der Waals surface area contributed by atoms with Gasteiger partial charge in [-0.15, -0.1) is 0 Å². The summed E-state index contributed by atoms with van der Waals surface area (Å²) in [5.74, 6) is 0.774. The van der Waals surface area contributed by atoms with Gasteiger partial charge in [0.1, 0.15) is 0 Å². The van der Waals surface area contributed by atoms with E-state index in [9.17, 15) is 0 Å². The van der Waals surface area contributed by atoms with Crippen molar-refractivity contribution in [3.8, 4) is 0 Å². The number of aromatic nitrogens is 2. The van der Waals surface area contributed by atoms with Crippen LogP contribution in [0.15, 0.2) is 0 Å². The Balaban J connectivity index is 2.11. The predicted octanol–water partition coefficient (Wildman–Crippen LogP) is 3.73. The average Bonchev–Trinajstić information content (AvgIpc) is 2.75. The zero-order valence-corrected chi connectivity index (χ0v) is 14.2. The molecule has 1 aliphatic heterocycles. The zero-order chi connectivity index (χ0) is 13.8. The van der Waals surface area contributed by atoms with Crippen LogP contribution in [0.1, 0.15) is 38.1 Å². The summed E-state index contributed by atoms with van der Waals surface area (Å²) < 4.78 is 2.07.